The second-order valence-corrected chi connectivity index (χ2v) is 13.5. The summed E-state index contributed by atoms with van der Waals surface area (Å²) in [6, 6.07) is 1.76. The van der Waals surface area contributed by atoms with E-state index in [4.69, 9.17) is 4.74 Å². The number of thiophene rings is 1. The summed E-state index contributed by atoms with van der Waals surface area (Å²) in [6.45, 7) is 7.79. The molecule has 0 radical (unpaired) electrons. The standard InChI is InChI=1S/C29H44O5S/c1-4-19-22-16-18(30)9-12-29(22,3)21-10-13-28(2)17(7-8-20(28)24(21)25(19)31)6-5-14-34-23-11-15-35-26(23)27(32)33/h11,15,17-22,24-25,30-31H,4-10,12-14,16H2,1-3H3,(H,32,33)/t17-,18+,19+,20-,21-,22-,24-,25+,28+,29+/m0/s1. The molecule has 0 saturated heterocycles. The molecule has 1 heterocycles. The fraction of sp³-hybridized carbons (Fsp3) is 0.828. The molecule has 196 valence electrons. The first-order chi connectivity index (χ1) is 16.7. The molecule has 4 aliphatic carbocycles. The van der Waals surface area contributed by atoms with Gasteiger partial charge in [0.15, 0.2) is 4.88 Å². The van der Waals surface area contributed by atoms with E-state index < -0.39 is 5.97 Å². The number of carbonyl (C=O) groups is 1. The first-order valence-corrected chi connectivity index (χ1v) is 14.9. The summed E-state index contributed by atoms with van der Waals surface area (Å²) in [7, 11) is 0. The van der Waals surface area contributed by atoms with E-state index in [0.29, 0.717) is 47.9 Å². The lowest BCUT2D eigenvalue weighted by atomic mass is 9.41. The zero-order valence-electron chi connectivity index (χ0n) is 21.6. The zero-order valence-corrected chi connectivity index (χ0v) is 22.4. The first-order valence-electron chi connectivity index (χ1n) is 14.0. The molecule has 0 spiro atoms. The van der Waals surface area contributed by atoms with Crippen molar-refractivity contribution < 1.29 is 24.9 Å². The van der Waals surface area contributed by atoms with Gasteiger partial charge in [-0.3, -0.25) is 0 Å². The van der Waals surface area contributed by atoms with Crippen molar-refractivity contribution in [2.45, 2.75) is 97.2 Å². The number of carboxylic acid groups (broad SMARTS) is 1. The van der Waals surface area contributed by atoms with Crippen molar-refractivity contribution in [2.75, 3.05) is 6.61 Å². The monoisotopic (exact) mass is 504 g/mol. The normalized spacial score (nSPS) is 44.8. The van der Waals surface area contributed by atoms with Crippen LogP contribution in [0.4, 0.5) is 0 Å². The maximum atomic E-state index is 11.8. The van der Waals surface area contributed by atoms with Gasteiger partial charge < -0.3 is 20.1 Å². The molecule has 0 bridgehead atoms. The van der Waals surface area contributed by atoms with E-state index >= 15 is 0 Å². The Morgan fingerprint density at radius 1 is 1.09 bits per heavy atom. The Hall–Kier alpha value is -1.11. The Balaban J connectivity index is 1.27. The summed E-state index contributed by atoms with van der Waals surface area (Å²) in [6.07, 6.45) is 10.4. The van der Waals surface area contributed by atoms with Gasteiger partial charge in [-0.05, 0) is 116 Å². The second-order valence-electron chi connectivity index (χ2n) is 12.6. The third kappa shape index (κ3) is 4.16. The van der Waals surface area contributed by atoms with E-state index in [1.165, 1.54) is 37.0 Å². The Bertz CT molecular complexity index is 915. The van der Waals surface area contributed by atoms with Crippen molar-refractivity contribution in [2.24, 2.45) is 46.3 Å². The molecule has 1 aromatic rings. The Morgan fingerprint density at radius 3 is 2.57 bits per heavy atom. The van der Waals surface area contributed by atoms with Crippen LogP contribution in [0.25, 0.3) is 0 Å². The lowest BCUT2D eigenvalue weighted by Gasteiger charge is -2.64. The van der Waals surface area contributed by atoms with E-state index in [0.717, 1.165) is 38.5 Å². The van der Waals surface area contributed by atoms with Crippen LogP contribution in [0.15, 0.2) is 11.4 Å². The number of hydrogen-bond donors (Lipinski definition) is 3. The van der Waals surface area contributed by atoms with Crippen LogP contribution >= 0.6 is 11.3 Å². The SMILES string of the molecule is CC[C@H]1[C@@H](O)[C@@H]2[C@H](CC[C@]3(C)[C@@H](CCCOc4ccsc4C(=O)O)CC[C@@H]23)[C@@]2(C)CC[C@@H](O)C[C@@H]12. The van der Waals surface area contributed by atoms with Crippen molar-refractivity contribution in [1.29, 1.82) is 0 Å². The predicted octanol–water partition coefficient (Wildman–Crippen LogP) is 6.23. The molecule has 5 rings (SSSR count). The summed E-state index contributed by atoms with van der Waals surface area (Å²) in [5, 5.41) is 33.3. The average molecular weight is 505 g/mol. The van der Waals surface area contributed by atoms with Gasteiger partial charge in [0, 0.05) is 0 Å². The minimum absolute atomic E-state index is 0.196. The molecule has 5 nitrogen and oxygen atoms in total. The fourth-order valence-corrected chi connectivity index (χ4v) is 10.3. The van der Waals surface area contributed by atoms with Crippen LogP contribution in [0.5, 0.6) is 5.75 Å². The van der Waals surface area contributed by atoms with Gasteiger partial charge in [-0.2, -0.15) is 0 Å². The first kappa shape index (κ1) is 25.5. The van der Waals surface area contributed by atoms with Gasteiger partial charge >= 0.3 is 5.97 Å². The van der Waals surface area contributed by atoms with Gasteiger partial charge in [-0.15, -0.1) is 11.3 Å². The van der Waals surface area contributed by atoms with Crippen molar-refractivity contribution in [1.82, 2.24) is 0 Å². The fourth-order valence-electron chi connectivity index (χ4n) is 9.62. The summed E-state index contributed by atoms with van der Waals surface area (Å²) in [5.41, 5.74) is 0.520. The van der Waals surface area contributed by atoms with Crippen molar-refractivity contribution in [3.05, 3.63) is 16.3 Å². The number of fused-ring (bicyclic) bond motifs is 5. The molecule has 0 unspecified atom stereocenters. The molecule has 4 aliphatic rings. The highest BCUT2D eigenvalue weighted by Crippen LogP contribution is 2.69. The highest BCUT2D eigenvalue weighted by atomic mass is 32.1. The molecule has 35 heavy (non-hydrogen) atoms. The van der Waals surface area contributed by atoms with E-state index in [2.05, 4.69) is 20.8 Å². The maximum Gasteiger partial charge on any atom is 0.349 e. The molecular formula is C29H44O5S. The van der Waals surface area contributed by atoms with Crippen molar-refractivity contribution >= 4 is 17.3 Å². The number of hydrogen-bond acceptors (Lipinski definition) is 5. The van der Waals surface area contributed by atoms with Gasteiger partial charge in [-0.25, -0.2) is 4.79 Å². The quantitative estimate of drug-likeness (QED) is 0.383. The molecular weight excluding hydrogens is 460 g/mol. The molecule has 6 heteroatoms. The largest absolute Gasteiger partial charge is 0.492 e. The van der Waals surface area contributed by atoms with Gasteiger partial charge in [-0.1, -0.05) is 27.2 Å². The van der Waals surface area contributed by atoms with Crippen LogP contribution in [0.1, 0.15) is 94.7 Å². The average Bonchev–Trinajstić information content (AvgIpc) is 3.42. The Morgan fingerprint density at radius 2 is 1.83 bits per heavy atom. The van der Waals surface area contributed by atoms with Crippen molar-refractivity contribution in [3.8, 4) is 5.75 Å². The highest BCUT2D eigenvalue weighted by Gasteiger charge is 2.64. The molecule has 0 amide bonds. The topological polar surface area (TPSA) is 87.0 Å². The molecule has 0 aromatic carbocycles. The van der Waals surface area contributed by atoms with Crippen LogP contribution < -0.4 is 4.74 Å². The van der Waals surface area contributed by atoms with Gasteiger partial charge in [0.25, 0.3) is 0 Å². The molecule has 1 aromatic heterocycles. The smallest absolute Gasteiger partial charge is 0.349 e. The van der Waals surface area contributed by atoms with Crippen LogP contribution in [0.3, 0.4) is 0 Å². The Labute approximate surface area is 214 Å². The van der Waals surface area contributed by atoms with E-state index in [1.54, 1.807) is 11.4 Å². The van der Waals surface area contributed by atoms with Crippen LogP contribution in [0, 0.1) is 46.3 Å². The zero-order chi connectivity index (χ0) is 25.0. The molecule has 4 fully saturated rings. The third-order valence-electron chi connectivity index (χ3n) is 11.4. The summed E-state index contributed by atoms with van der Waals surface area (Å²) in [5.74, 6) is 2.51. The molecule has 10 atom stereocenters. The van der Waals surface area contributed by atoms with Crippen LogP contribution in [0.2, 0.25) is 0 Å². The number of carboxylic acids is 1. The van der Waals surface area contributed by atoms with Gasteiger partial charge in [0.2, 0.25) is 0 Å². The lowest BCUT2D eigenvalue weighted by molar-refractivity contribution is -0.202. The molecule has 4 saturated carbocycles. The minimum Gasteiger partial charge on any atom is -0.492 e. The molecule has 3 N–H and O–H groups in total. The number of rotatable bonds is 7. The minimum atomic E-state index is -0.919. The van der Waals surface area contributed by atoms with Crippen LogP contribution in [-0.2, 0) is 0 Å². The van der Waals surface area contributed by atoms with Gasteiger partial charge in [0.1, 0.15) is 5.75 Å². The van der Waals surface area contributed by atoms with E-state index in [-0.39, 0.29) is 27.9 Å². The molecule has 0 aliphatic heterocycles. The summed E-state index contributed by atoms with van der Waals surface area (Å²) < 4.78 is 5.85. The maximum absolute atomic E-state index is 11.8. The van der Waals surface area contributed by atoms with Crippen LogP contribution in [-0.4, -0.2) is 40.1 Å². The number of aliphatic hydroxyl groups is 2. The van der Waals surface area contributed by atoms with E-state index in [1.807, 2.05) is 0 Å². The van der Waals surface area contributed by atoms with E-state index in [9.17, 15) is 20.1 Å². The third-order valence-corrected chi connectivity index (χ3v) is 12.2. The number of aromatic carboxylic acids is 1. The summed E-state index contributed by atoms with van der Waals surface area (Å²) >= 11 is 1.21. The van der Waals surface area contributed by atoms with Gasteiger partial charge in [0.05, 0.1) is 18.8 Å². The lowest BCUT2D eigenvalue weighted by Crippen LogP contribution is -2.62. The highest BCUT2D eigenvalue weighted by molar-refractivity contribution is 7.12. The number of ether oxygens (including phenoxy) is 1. The Kier molecular flexibility index (Phi) is 7.04. The second kappa shape index (κ2) is 9.64. The summed E-state index contributed by atoms with van der Waals surface area (Å²) in [4.78, 5) is 11.6. The predicted molar refractivity (Wildman–Crippen MR) is 138 cm³/mol. The number of aliphatic hydroxyl groups excluding tert-OH is 2. The van der Waals surface area contributed by atoms with Crippen molar-refractivity contribution in [3.63, 3.8) is 0 Å².